The predicted molar refractivity (Wildman–Crippen MR) is 271 cm³/mol. The summed E-state index contributed by atoms with van der Waals surface area (Å²) >= 11 is 0. The van der Waals surface area contributed by atoms with Crippen molar-refractivity contribution in [2.24, 2.45) is 0 Å². The van der Waals surface area contributed by atoms with Gasteiger partial charge < -0.3 is 9.13 Å². The molecule has 0 atom stereocenters. The van der Waals surface area contributed by atoms with Crippen LogP contribution in [-0.2, 0) is 12.4 Å². The Labute approximate surface area is 399 Å². The summed E-state index contributed by atoms with van der Waals surface area (Å²) in [4.78, 5) is 0. The number of nitriles is 1. The van der Waals surface area contributed by atoms with Crippen molar-refractivity contribution in [2.75, 3.05) is 0 Å². The highest BCUT2D eigenvalue weighted by Crippen LogP contribution is 2.50. The molecule has 0 radical (unpaired) electrons. The Hall–Kier alpha value is -8.35. The second kappa shape index (κ2) is 16.4. The number of hydrogen-bond acceptors (Lipinski definition) is 1. The van der Waals surface area contributed by atoms with Crippen LogP contribution in [0.5, 0.6) is 0 Å². The highest BCUT2D eigenvalue weighted by molar-refractivity contribution is 6.13. The molecule has 342 valence electrons. The zero-order chi connectivity index (χ0) is 48.8. The van der Waals surface area contributed by atoms with Crippen LogP contribution in [0, 0.1) is 39.0 Å². The standard InChI is InChI=1S/C61H41F6N3/c1-35-19-24-43(37(3)29-35)39-21-27-54-49(31-39)46-12-5-7-15-52(46)69(54)56-17-9-11-41(34-68)58(56)59-48(45-26-23-42(60(62,63)64)33-51(45)61(65,66)67)14-10-18-57(59)70-53-16-8-6-13-47(53)50-32-40(22-28-55(50)70)44-25-20-36(2)30-38(44)4/h5-33H,1-4H3. The molecule has 0 bridgehead atoms. The molecule has 9 heteroatoms. The molecule has 0 saturated carbocycles. The third-order valence-electron chi connectivity index (χ3n) is 13.6. The SMILES string of the molecule is Cc1ccc(-c2ccc3c(c2)c2ccccc2n3-c2cccc(C#N)c2-c2c(-c3ccc(C(F)(F)F)cc3C(F)(F)F)cccc2-n2c3ccccc3c3cc(-c4ccc(C)cc4C)ccc32)c(C)c1. The van der Waals surface area contributed by atoms with Crippen molar-refractivity contribution in [1.29, 1.82) is 5.26 Å². The van der Waals surface area contributed by atoms with Crippen LogP contribution in [0.1, 0.15) is 38.9 Å². The van der Waals surface area contributed by atoms with E-state index in [2.05, 4.69) is 75.4 Å². The lowest BCUT2D eigenvalue weighted by Gasteiger charge is -2.24. The number of hydrogen-bond donors (Lipinski definition) is 0. The summed E-state index contributed by atoms with van der Waals surface area (Å²) in [5.74, 6) is 0. The number of halogens is 6. The Morgan fingerprint density at radius 3 is 1.39 bits per heavy atom. The van der Waals surface area contributed by atoms with E-state index in [1.54, 1.807) is 24.3 Å². The molecule has 0 fully saturated rings. The maximum absolute atomic E-state index is 15.4. The summed E-state index contributed by atoms with van der Waals surface area (Å²) in [5, 5.41) is 14.8. The van der Waals surface area contributed by atoms with E-state index in [4.69, 9.17) is 0 Å². The van der Waals surface area contributed by atoms with Gasteiger partial charge >= 0.3 is 12.4 Å². The van der Waals surface area contributed by atoms with Crippen LogP contribution < -0.4 is 0 Å². The number of fused-ring (bicyclic) bond motifs is 6. The fourth-order valence-corrected chi connectivity index (χ4v) is 10.6. The van der Waals surface area contributed by atoms with Crippen LogP contribution in [0.25, 0.3) is 99.5 Å². The third kappa shape index (κ3) is 7.21. The topological polar surface area (TPSA) is 33.6 Å². The summed E-state index contributed by atoms with van der Waals surface area (Å²) in [5.41, 5.74) is 9.92. The minimum absolute atomic E-state index is 0.00164. The van der Waals surface area contributed by atoms with Crippen LogP contribution in [0.4, 0.5) is 26.3 Å². The van der Waals surface area contributed by atoms with Crippen molar-refractivity contribution in [3.63, 3.8) is 0 Å². The van der Waals surface area contributed by atoms with Gasteiger partial charge in [0.25, 0.3) is 0 Å². The number of para-hydroxylation sites is 2. The van der Waals surface area contributed by atoms with Gasteiger partial charge in [-0.05, 0) is 139 Å². The molecule has 11 aromatic rings. The maximum atomic E-state index is 15.4. The smallest absolute Gasteiger partial charge is 0.309 e. The highest BCUT2D eigenvalue weighted by atomic mass is 19.4. The summed E-state index contributed by atoms with van der Waals surface area (Å²) in [6.45, 7) is 8.24. The van der Waals surface area contributed by atoms with Crippen LogP contribution in [-0.4, -0.2) is 9.13 Å². The first-order chi connectivity index (χ1) is 33.6. The molecule has 0 aliphatic carbocycles. The largest absolute Gasteiger partial charge is 0.417 e. The lowest BCUT2D eigenvalue weighted by atomic mass is 9.86. The Kier molecular flexibility index (Phi) is 10.4. The quantitative estimate of drug-likeness (QED) is 0.153. The van der Waals surface area contributed by atoms with Gasteiger partial charge in [-0.15, -0.1) is 0 Å². The molecule has 9 aromatic carbocycles. The van der Waals surface area contributed by atoms with Gasteiger partial charge in [-0.1, -0.05) is 120 Å². The molecule has 0 saturated heterocycles. The van der Waals surface area contributed by atoms with E-state index in [1.165, 1.54) is 6.07 Å². The van der Waals surface area contributed by atoms with Gasteiger partial charge in [-0.25, -0.2) is 0 Å². The van der Waals surface area contributed by atoms with Crippen LogP contribution >= 0.6 is 0 Å². The minimum atomic E-state index is -5.20. The molecule has 0 aliphatic rings. The molecule has 2 heterocycles. The fourth-order valence-electron chi connectivity index (χ4n) is 10.6. The summed E-state index contributed by atoms with van der Waals surface area (Å²) in [6, 6.07) is 54.9. The second-order valence-electron chi connectivity index (χ2n) is 18.1. The number of rotatable bonds is 6. The van der Waals surface area contributed by atoms with Crippen LogP contribution in [0.3, 0.4) is 0 Å². The second-order valence-corrected chi connectivity index (χ2v) is 18.1. The van der Waals surface area contributed by atoms with E-state index in [0.29, 0.717) is 23.0 Å². The third-order valence-corrected chi connectivity index (χ3v) is 13.6. The van der Waals surface area contributed by atoms with Crippen LogP contribution in [0.15, 0.2) is 176 Å². The summed E-state index contributed by atoms with van der Waals surface area (Å²) in [6.07, 6.45) is -10.2. The van der Waals surface area contributed by atoms with Crippen molar-refractivity contribution in [1.82, 2.24) is 9.13 Å². The van der Waals surface area contributed by atoms with Gasteiger partial charge in [0.15, 0.2) is 0 Å². The first-order valence-electron chi connectivity index (χ1n) is 22.8. The average Bonchev–Trinajstić information content (AvgIpc) is 3.85. The molecule has 0 N–H and O–H groups in total. The molecule has 3 nitrogen and oxygen atoms in total. The summed E-state index contributed by atoms with van der Waals surface area (Å²) in [7, 11) is 0. The summed E-state index contributed by atoms with van der Waals surface area (Å²) < 4.78 is 93.1. The van der Waals surface area contributed by atoms with E-state index in [9.17, 15) is 18.4 Å². The average molecular weight is 930 g/mol. The molecule has 11 rings (SSSR count). The lowest BCUT2D eigenvalue weighted by Crippen LogP contribution is -2.13. The molecule has 2 aromatic heterocycles. The first kappa shape index (κ1) is 44.2. The fraction of sp³-hybridized carbons (Fsp3) is 0.0984. The molecule has 0 amide bonds. The lowest BCUT2D eigenvalue weighted by molar-refractivity contribution is -0.142. The Bertz CT molecular complexity index is 3990. The highest BCUT2D eigenvalue weighted by Gasteiger charge is 2.39. The predicted octanol–water partition coefficient (Wildman–Crippen LogP) is 17.7. The van der Waals surface area contributed by atoms with E-state index in [0.717, 1.165) is 94.2 Å². The van der Waals surface area contributed by atoms with E-state index in [1.807, 2.05) is 94.9 Å². The molecular formula is C61H41F6N3. The normalized spacial score (nSPS) is 12.1. The van der Waals surface area contributed by atoms with Gasteiger partial charge in [0, 0.05) is 32.7 Å². The number of nitrogens with zero attached hydrogens (tertiary/aromatic N) is 3. The van der Waals surface area contributed by atoms with E-state index >= 15 is 13.2 Å². The van der Waals surface area contributed by atoms with Crippen molar-refractivity contribution < 1.29 is 26.3 Å². The molecular weight excluding hydrogens is 889 g/mol. The molecule has 0 aliphatic heterocycles. The maximum Gasteiger partial charge on any atom is 0.417 e. The zero-order valence-corrected chi connectivity index (χ0v) is 38.4. The van der Waals surface area contributed by atoms with Gasteiger partial charge in [0.2, 0.25) is 0 Å². The number of alkyl halides is 6. The van der Waals surface area contributed by atoms with Gasteiger partial charge in [0.1, 0.15) is 0 Å². The Morgan fingerprint density at radius 1 is 0.400 bits per heavy atom. The Balaban J connectivity index is 1.27. The van der Waals surface area contributed by atoms with E-state index in [-0.39, 0.29) is 22.8 Å². The van der Waals surface area contributed by atoms with Gasteiger partial charge in [-0.3, -0.25) is 0 Å². The molecule has 70 heavy (non-hydrogen) atoms. The van der Waals surface area contributed by atoms with Crippen molar-refractivity contribution in [3.05, 3.63) is 215 Å². The Morgan fingerprint density at radius 2 is 0.886 bits per heavy atom. The van der Waals surface area contributed by atoms with Gasteiger partial charge in [-0.2, -0.15) is 31.6 Å². The molecule has 0 unspecified atom stereocenters. The minimum Gasteiger partial charge on any atom is -0.309 e. The number of aromatic nitrogens is 2. The van der Waals surface area contributed by atoms with Gasteiger partial charge in [0.05, 0.1) is 56.2 Å². The molecule has 0 spiro atoms. The first-order valence-corrected chi connectivity index (χ1v) is 22.8. The van der Waals surface area contributed by atoms with E-state index < -0.39 is 29.0 Å². The van der Waals surface area contributed by atoms with Crippen molar-refractivity contribution in [3.8, 4) is 62.0 Å². The zero-order valence-electron chi connectivity index (χ0n) is 38.4. The monoisotopic (exact) mass is 929 g/mol. The van der Waals surface area contributed by atoms with Crippen molar-refractivity contribution in [2.45, 2.75) is 40.0 Å². The van der Waals surface area contributed by atoms with Crippen LogP contribution in [0.2, 0.25) is 0 Å². The van der Waals surface area contributed by atoms with Crippen molar-refractivity contribution >= 4 is 43.6 Å². The number of benzene rings is 9. The number of aryl methyl sites for hydroxylation is 4.